The van der Waals surface area contributed by atoms with E-state index in [1.165, 1.54) is 57.3 Å². The first-order valence-corrected chi connectivity index (χ1v) is 10.7. The van der Waals surface area contributed by atoms with Crippen LogP contribution in [0.2, 0.25) is 0 Å². The standard InChI is InChI=1S/C23H36N2O/c1-23(2,3)19-13-18-16-25(15-17-7-11-26-12-8-17)10-6-20(18)21(14-19)22-5-4-9-24-22/h13-14,17,22,24H,4-12,15-16H2,1-3H3/t22-/m0/s1. The first-order valence-electron chi connectivity index (χ1n) is 10.7. The Labute approximate surface area is 159 Å². The van der Waals surface area contributed by atoms with Crippen LogP contribution >= 0.6 is 0 Å². The summed E-state index contributed by atoms with van der Waals surface area (Å²) in [5.74, 6) is 0.826. The third kappa shape index (κ3) is 4.00. The largest absolute Gasteiger partial charge is 0.381 e. The van der Waals surface area contributed by atoms with Crippen molar-refractivity contribution in [1.29, 1.82) is 0 Å². The molecule has 3 heterocycles. The molecule has 3 heteroatoms. The van der Waals surface area contributed by atoms with Crippen molar-refractivity contribution in [2.45, 2.75) is 70.9 Å². The summed E-state index contributed by atoms with van der Waals surface area (Å²) in [7, 11) is 0. The van der Waals surface area contributed by atoms with Crippen molar-refractivity contribution in [2.24, 2.45) is 5.92 Å². The minimum absolute atomic E-state index is 0.214. The number of nitrogens with one attached hydrogen (secondary N) is 1. The number of hydrogen-bond donors (Lipinski definition) is 1. The molecule has 2 saturated heterocycles. The highest BCUT2D eigenvalue weighted by Crippen LogP contribution is 2.36. The molecule has 0 aliphatic carbocycles. The maximum atomic E-state index is 5.55. The lowest BCUT2D eigenvalue weighted by atomic mass is 9.80. The van der Waals surface area contributed by atoms with Crippen molar-refractivity contribution in [3.63, 3.8) is 0 Å². The topological polar surface area (TPSA) is 24.5 Å². The monoisotopic (exact) mass is 356 g/mol. The van der Waals surface area contributed by atoms with Gasteiger partial charge in [-0.1, -0.05) is 32.9 Å². The van der Waals surface area contributed by atoms with Gasteiger partial charge in [0.05, 0.1) is 0 Å². The van der Waals surface area contributed by atoms with Gasteiger partial charge in [0.15, 0.2) is 0 Å². The van der Waals surface area contributed by atoms with Crippen molar-refractivity contribution in [3.8, 4) is 0 Å². The molecule has 0 spiro atoms. The van der Waals surface area contributed by atoms with Crippen molar-refractivity contribution in [3.05, 3.63) is 34.4 Å². The summed E-state index contributed by atoms with van der Waals surface area (Å²) in [6, 6.07) is 5.62. The smallest absolute Gasteiger partial charge is 0.0469 e. The zero-order valence-corrected chi connectivity index (χ0v) is 16.9. The summed E-state index contributed by atoms with van der Waals surface area (Å²) >= 11 is 0. The maximum absolute atomic E-state index is 5.55. The molecule has 0 radical (unpaired) electrons. The molecule has 26 heavy (non-hydrogen) atoms. The summed E-state index contributed by atoms with van der Waals surface area (Å²) in [6.45, 7) is 13.8. The van der Waals surface area contributed by atoms with Gasteiger partial charge in [0.2, 0.25) is 0 Å². The van der Waals surface area contributed by atoms with Crippen LogP contribution in [0.3, 0.4) is 0 Å². The van der Waals surface area contributed by atoms with Gasteiger partial charge in [0, 0.05) is 38.9 Å². The molecular weight excluding hydrogens is 320 g/mol. The van der Waals surface area contributed by atoms with Crippen molar-refractivity contribution in [2.75, 3.05) is 32.8 Å². The number of benzene rings is 1. The maximum Gasteiger partial charge on any atom is 0.0469 e. The van der Waals surface area contributed by atoms with Crippen LogP contribution in [0.25, 0.3) is 0 Å². The lowest BCUT2D eigenvalue weighted by Gasteiger charge is -2.36. The first-order chi connectivity index (χ1) is 12.5. The third-order valence-corrected chi connectivity index (χ3v) is 6.61. The van der Waals surface area contributed by atoms with Crippen LogP contribution in [-0.2, 0) is 23.1 Å². The summed E-state index contributed by atoms with van der Waals surface area (Å²) in [6.07, 6.45) is 6.31. The SMILES string of the molecule is CC(C)(C)c1cc2c(c([C@@H]3CCCN3)c1)CCN(CC1CCOCC1)C2. The summed E-state index contributed by atoms with van der Waals surface area (Å²) in [5, 5.41) is 3.75. The van der Waals surface area contributed by atoms with Crippen molar-refractivity contribution >= 4 is 0 Å². The van der Waals surface area contributed by atoms with Gasteiger partial charge >= 0.3 is 0 Å². The molecule has 3 nitrogen and oxygen atoms in total. The molecule has 3 aliphatic heterocycles. The summed E-state index contributed by atoms with van der Waals surface area (Å²) in [4.78, 5) is 2.70. The summed E-state index contributed by atoms with van der Waals surface area (Å²) < 4.78 is 5.55. The predicted octanol–water partition coefficient (Wildman–Crippen LogP) is 4.19. The molecule has 144 valence electrons. The minimum atomic E-state index is 0.214. The fraction of sp³-hybridized carbons (Fsp3) is 0.739. The predicted molar refractivity (Wildman–Crippen MR) is 108 cm³/mol. The minimum Gasteiger partial charge on any atom is -0.381 e. The quantitative estimate of drug-likeness (QED) is 0.879. The third-order valence-electron chi connectivity index (χ3n) is 6.61. The van der Waals surface area contributed by atoms with Crippen LogP contribution in [-0.4, -0.2) is 37.7 Å². The van der Waals surface area contributed by atoms with E-state index in [1.54, 1.807) is 16.7 Å². The van der Waals surface area contributed by atoms with Gasteiger partial charge in [0.25, 0.3) is 0 Å². The lowest BCUT2D eigenvalue weighted by Crippen LogP contribution is -2.37. The molecule has 1 aromatic carbocycles. The number of ether oxygens (including phenoxy) is 1. The second-order valence-corrected chi connectivity index (χ2v) is 9.64. The van der Waals surface area contributed by atoms with E-state index in [4.69, 9.17) is 4.74 Å². The molecule has 1 N–H and O–H groups in total. The number of hydrogen-bond acceptors (Lipinski definition) is 3. The average molecular weight is 357 g/mol. The zero-order valence-electron chi connectivity index (χ0n) is 16.9. The molecule has 0 aromatic heterocycles. The molecule has 0 unspecified atom stereocenters. The van der Waals surface area contributed by atoms with Crippen LogP contribution in [0.15, 0.2) is 12.1 Å². The van der Waals surface area contributed by atoms with Gasteiger partial charge in [-0.2, -0.15) is 0 Å². The highest BCUT2D eigenvalue weighted by Gasteiger charge is 2.28. The fourth-order valence-electron chi connectivity index (χ4n) is 4.94. The Balaban J connectivity index is 1.58. The van der Waals surface area contributed by atoms with Crippen LogP contribution in [0.5, 0.6) is 0 Å². The van der Waals surface area contributed by atoms with Crippen LogP contribution in [0.4, 0.5) is 0 Å². The van der Waals surface area contributed by atoms with Crippen LogP contribution in [0.1, 0.15) is 74.8 Å². The van der Waals surface area contributed by atoms with Gasteiger partial charge in [-0.3, -0.25) is 4.90 Å². The Morgan fingerprint density at radius 2 is 1.96 bits per heavy atom. The molecule has 0 saturated carbocycles. The van der Waals surface area contributed by atoms with Crippen molar-refractivity contribution < 1.29 is 4.74 Å². The van der Waals surface area contributed by atoms with E-state index in [-0.39, 0.29) is 5.41 Å². The number of rotatable bonds is 3. The average Bonchev–Trinajstić information content (AvgIpc) is 3.15. The lowest BCUT2D eigenvalue weighted by molar-refractivity contribution is 0.0506. The second-order valence-electron chi connectivity index (χ2n) is 9.64. The van der Waals surface area contributed by atoms with Gasteiger partial charge in [-0.05, 0) is 72.2 Å². The van der Waals surface area contributed by atoms with E-state index < -0.39 is 0 Å². The Kier molecular flexibility index (Phi) is 5.41. The Hall–Kier alpha value is -0.900. The van der Waals surface area contributed by atoms with E-state index in [2.05, 4.69) is 43.1 Å². The molecule has 0 amide bonds. The van der Waals surface area contributed by atoms with E-state index in [0.717, 1.165) is 25.7 Å². The molecule has 0 bridgehead atoms. The molecule has 4 rings (SSSR count). The highest BCUT2D eigenvalue weighted by molar-refractivity contribution is 5.45. The van der Waals surface area contributed by atoms with E-state index in [9.17, 15) is 0 Å². The molecule has 2 fully saturated rings. The normalized spacial score (nSPS) is 25.4. The molecule has 3 aliphatic rings. The second kappa shape index (κ2) is 7.61. The highest BCUT2D eigenvalue weighted by atomic mass is 16.5. The van der Waals surface area contributed by atoms with Gasteiger partial charge in [-0.15, -0.1) is 0 Å². The molecule has 1 atom stereocenters. The summed E-state index contributed by atoms with van der Waals surface area (Å²) in [5.41, 5.74) is 6.58. The molecular formula is C23H36N2O. The van der Waals surface area contributed by atoms with Crippen LogP contribution in [0, 0.1) is 5.92 Å². The van der Waals surface area contributed by atoms with Crippen molar-refractivity contribution in [1.82, 2.24) is 10.2 Å². The molecule has 1 aromatic rings. The van der Waals surface area contributed by atoms with Crippen LogP contribution < -0.4 is 5.32 Å². The van der Waals surface area contributed by atoms with E-state index in [0.29, 0.717) is 6.04 Å². The number of nitrogens with zero attached hydrogens (tertiary/aromatic N) is 1. The Bertz CT molecular complexity index is 622. The Morgan fingerprint density at radius 1 is 1.15 bits per heavy atom. The zero-order chi connectivity index (χ0) is 18.1. The Morgan fingerprint density at radius 3 is 2.65 bits per heavy atom. The first kappa shape index (κ1) is 18.5. The fourth-order valence-corrected chi connectivity index (χ4v) is 4.94. The number of fused-ring (bicyclic) bond motifs is 1. The van der Waals surface area contributed by atoms with E-state index >= 15 is 0 Å². The van der Waals surface area contributed by atoms with Gasteiger partial charge < -0.3 is 10.1 Å². The van der Waals surface area contributed by atoms with Gasteiger partial charge in [-0.25, -0.2) is 0 Å². The van der Waals surface area contributed by atoms with Gasteiger partial charge in [0.1, 0.15) is 0 Å². The van der Waals surface area contributed by atoms with E-state index in [1.807, 2.05) is 0 Å².